The molecular weight excluding hydrogens is 174 g/mol. The first-order valence-corrected chi connectivity index (χ1v) is 5.21. The highest BCUT2D eigenvalue weighted by Gasteiger charge is 2.14. The molecule has 0 spiro atoms. The summed E-state index contributed by atoms with van der Waals surface area (Å²) < 4.78 is 0. The Morgan fingerprint density at radius 3 is 2.21 bits per heavy atom. The van der Waals surface area contributed by atoms with Crippen molar-refractivity contribution in [1.29, 1.82) is 0 Å². The van der Waals surface area contributed by atoms with E-state index in [9.17, 15) is 5.11 Å². The summed E-state index contributed by atoms with van der Waals surface area (Å²) in [5.74, 6) is 0. The molecule has 2 unspecified atom stereocenters. The van der Waals surface area contributed by atoms with Gasteiger partial charge in [-0.3, -0.25) is 0 Å². The van der Waals surface area contributed by atoms with Crippen LogP contribution in [0.1, 0.15) is 37.5 Å². The van der Waals surface area contributed by atoms with E-state index < -0.39 is 6.10 Å². The fraction of sp³-hybridized carbons (Fsp3) is 0.500. The van der Waals surface area contributed by atoms with Crippen LogP contribution in [0, 0.1) is 0 Å². The Bertz CT molecular complexity index is 268. The molecule has 0 heterocycles. The van der Waals surface area contributed by atoms with E-state index in [0.29, 0.717) is 0 Å². The van der Waals surface area contributed by atoms with Crippen molar-refractivity contribution < 1.29 is 5.11 Å². The second-order valence-electron chi connectivity index (χ2n) is 3.61. The summed E-state index contributed by atoms with van der Waals surface area (Å²) in [5.41, 5.74) is 7.97. The minimum absolute atomic E-state index is 0.164. The van der Waals surface area contributed by atoms with Crippen LogP contribution in [0.2, 0.25) is 0 Å². The van der Waals surface area contributed by atoms with Gasteiger partial charge in [-0.1, -0.05) is 38.1 Å². The second-order valence-corrected chi connectivity index (χ2v) is 3.61. The van der Waals surface area contributed by atoms with Crippen LogP contribution in [0.5, 0.6) is 0 Å². The minimum Gasteiger partial charge on any atom is -0.387 e. The number of aryl methyl sites for hydroxylation is 1. The molecule has 0 saturated heterocycles. The Morgan fingerprint density at radius 2 is 1.79 bits per heavy atom. The zero-order valence-electron chi connectivity index (χ0n) is 8.90. The number of benzene rings is 1. The Balaban J connectivity index is 2.75. The highest BCUT2D eigenvalue weighted by atomic mass is 16.3. The third kappa shape index (κ3) is 2.56. The van der Waals surface area contributed by atoms with Gasteiger partial charge in [0.05, 0.1) is 6.10 Å². The van der Waals surface area contributed by atoms with Gasteiger partial charge in [0.2, 0.25) is 0 Å². The molecule has 0 aliphatic heterocycles. The molecule has 14 heavy (non-hydrogen) atoms. The van der Waals surface area contributed by atoms with Gasteiger partial charge < -0.3 is 10.8 Å². The first-order valence-electron chi connectivity index (χ1n) is 5.21. The molecule has 0 amide bonds. The van der Waals surface area contributed by atoms with E-state index in [1.54, 1.807) is 0 Å². The minimum atomic E-state index is -0.536. The highest BCUT2D eigenvalue weighted by molar-refractivity contribution is 5.24. The van der Waals surface area contributed by atoms with Gasteiger partial charge in [-0.2, -0.15) is 0 Å². The fourth-order valence-corrected chi connectivity index (χ4v) is 1.42. The summed E-state index contributed by atoms with van der Waals surface area (Å²) in [7, 11) is 0. The summed E-state index contributed by atoms with van der Waals surface area (Å²) in [6.45, 7) is 4.09. The van der Waals surface area contributed by atoms with Crippen molar-refractivity contribution in [2.24, 2.45) is 5.73 Å². The highest BCUT2D eigenvalue weighted by Crippen LogP contribution is 2.17. The summed E-state index contributed by atoms with van der Waals surface area (Å²) >= 11 is 0. The third-order valence-corrected chi connectivity index (χ3v) is 2.61. The molecule has 0 fully saturated rings. The van der Waals surface area contributed by atoms with E-state index in [4.69, 9.17) is 5.73 Å². The van der Waals surface area contributed by atoms with E-state index in [1.807, 2.05) is 31.2 Å². The van der Waals surface area contributed by atoms with Gasteiger partial charge in [-0.05, 0) is 24.0 Å². The van der Waals surface area contributed by atoms with Crippen molar-refractivity contribution in [2.75, 3.05) is 0 Å². The Kier molecular flexibility index (Phi) is 4.11. The summed E-state index contributed by atoms with van der Waals surface area (Å²) in [5, 5.41) is 9.83. The summed E-state index contributed by atoms with van der Waals surface area (Å²) in [6, 6.07) is 7.84. The average Bonchev–Trinajstić information content (AvgIpc) is 2.27. The summed E-state index contributed by atoms with van der Waals surface area (Å²) in [4.78, 5) is 0. The Labute approximate surface area is 85.8 Å². The molecule has 2 heteroatoms. The monoisotopic (exact) mass is 193 g/mol. The number of hydrogen-bond acceptors (Lipinski definition) is 2. The van der Waals surface area contributed by atoms with Crippen LogP contribution in [0.3, 0.4) is 0 Å². The first kappa shape index (κ1) is 11.2. The molecule has 0 aliphatic carbocycles. The van der Waals surface area contributed by atoms with Crippen LogP contribution in [-0.2, 0) is 6.42 Å². The van der Waals surface area contributed by atoms with E-state index >= 15 is 0 Å². The number of hydrogen-bond donors (Lipinski definition) is 2. The van der Waals surface area contributed by atoms with Gasteiger partial charge in [-0.25, -0.2) is 0 Å². The normalized spacial score (nSPS) is 15.1. The lowest BCUT2D eigenvalue weighted by Gasteiger charge is -2.17. The zero-order chi connectivity index (χ0) is 10.6. The lowest BCUT2D eigenvalue weighted by Crippen LogP contribution is -2.27. The number of rotatable bonds is 4. The molecule has 0 aliphatic rings. The molecule has 0 radical (unpaired) electrons. The van der Waals surface area contributed by atoms with Gasteiger partial charge in [0, 0.05) is 6.04 Å². The second kappa shape index (κ2) is 5.13. The van der Waals surface area contributed by atoms with Crippen LogP contribution >= 0.6 is 0 Å². The first-order chi connectivity index (χ1) is 6.69. The van der Waals surface area contributed by atoms with Crippen molar-refractivity contribution in [3.05, 3.63) is 35.4 Å². The molecule has 1 aromatic carbocycles. The van der Waals surface area contributed by atoms with Crippen LogP contribution in [0.25, 0.3) is 0 Å². The van der Waals surface area contributed by atoms with E-state index in [2.05, 4.69) is 6.92 Å². The van der Waals surface area contributed by atoms with E-state index in [-0.39, 0.29) is 6.04 Å². The lowest BCUT2D eigenvalue weighted by atomic mass is 9.99. The molecule has 1 aromatic rings. The fourth-order valence-electron chi connectivity index (χ4n) is 1.42. The topological polar surface area (TPSA) is 46.2 Å². The number of aliphatic hydroxyl groups is 1. The molecule has 0 aromatic heterocycles. The van der Waals surface area contributed by atoms with E-state index in [0.717, 1.165) is 18.4 Å². The van der Waals surface area contributed by atoms with Crippen LogP contribution in [0.4, 0.5) is 0 Å². The van der Waals surface area contributed by atoms with Crippen molar-refractivity contribution in [1.82, 2.24) is 0 Å². The van der Waals surface area contributed by atoms with Crippen LogP contribution in [-0.4, -0.2) is 11.1 Å². The molecule has 3 N–H and O–H groups in total. The number of nitrogens with two attached hydrogens (primary N) is 1. The molecule has 2 nitrogen and oxygen atoms in total. The van der Waals surface area contributed by atoms with E-state index in [1.165, 1.54) is 5.56 Å². The smallest absolute Gasteiger partial charge is 0.0940 e. The zero-order valence-corrected chi connectivity index (χ0v) is 8.90. The largest absolute Gasteiger partial charge is 0.387 e. The predicted octanol–water partition coefficient (Wildman–Crippen LogP) is 2.02. The van der Waals surface area contributed by atoms with Crippen molar-refractivity contribution in [3.8, 4) is 0 Å². The SMILES string of the molecule is CCc1ccc(C(O)C(N)CC)cc1. The van der Waals surface area contributed by atoms with Crippen molar-refractivity contribution in [3.63, 3.8) is 0 Å². The van der Waals surface area contributed by atoms with Gasteiger partial charge >= 0.3 is 0 Å². The average molecular weight is 193 g/mol. The quantitative estimate of drug-likeness (QED) is 0.768. The Hall–Kier alpha value is -0.860. The molecular formula is C12H19NO. The lowest BCUT2D eigenvalue weighted by molar-refractivity contribution is 0.144. The molecule has 0 saturated carbocycles. The molecule has 2 atom stereocenters. The van der Waals surface area contributed by atoms with Crippen LogP contribution in [0.15, 0.2) is 24.3 Å². The Morgan fingerprint density at radius 1 is 1.21 bits per heavy atom. The maximum absolute atomic E-state index is 9.83. The van der Waals surface area contributed by atoms with Gasteiger partial charge in [0.25, 0.3) is 0 Å². The van der Waals surface area contributed by atoms with Crippen molar-refractivity contribution >= 4 is 0 Å². The van der Waals surface area contributed by atoms with Crippen molar-refractivity contribution in [2.45, 2.75) is 38.8 Å². The maximum Gasteiger partial charge on any atom is 0.0940 e. The molecule has 78 valence electrons. The maximum atomic E-state index is 9.83. The number of aliphatic hydroxyl groups excluding tert-OH is 1. The van der Waals surface area contributed by atoms with Gasteiger partial charge in [-0.15, -0.1) is 0 Å². The predicted molar refractivity (Wildman–Crippen MR) is 59.0 cm³/mol. The molecule has 0 bridgehead atoms. The molecule has 1 rings (SSSR count). The third-order valence-electron chi connectivity index (χ3n) is 2.61. The summed E-state index contributed by atoms with van der Waals surface area (Å²) in [6.07, 6.45) is 1.28. The van der Waals surface area contributed by atoms with Gasteiger partial charge in [0.15, 0.2) is 0 Å². The van der Waals surface area contributed by atoms with Crippen LogP contribution < -0.4 is 5.73 Å². The standard InChI is InChI=1S/C12H19NO/c1-3-9-5-7-10(8-6-9)12(14)11(13)4-2/h5-8,11-12,14H,3-4,13H2,1-2H3. The van der Waals surface area contributed by atoms with Gasteiger partial charge in [0.1, 0.15) is 0 Å².